The molecule has 60 heavy (non-hydrogen) atoms. The van der Waals surface area contributed by atoms with Gasteiger partial charge in [-0.05, 0) is 99.6 Å². The van der Waals surface area contributed by atoms with E-state index in [9.17, 15) is 0 Å². The molecule has 286 valence electrons. The first-order valence-electron chi connectivity index (χ1n) is 20.8. The van der Waals surface area contributed by atoms with Gasteiger partial charge in [-0.2, -0.15) is 0 Å². The lowest BCUT2D eigenvalue weighted by atomic mass is 9.82. The van der Waals surface area contributed by atoms with Crippen LogP contribution in [-0.2, 0) is 0 Å². The number of nitrogens with zero attached hydrogens (tertiary/aromatic N) is 2. The van der Waals surface area contributed by atoms with Crippen LogP contribution in [0.15, 0.2) is 261 Å². The minimum atomic E-state index is 0.286. The standard InChI is InChI=1S/C58H44N2/c1-4-15-43(16-5-1)46-31-37-53(38-32-46)60(54-39-33-47(34-40-54)44-17-6-2-7-18-44)57-25-13-12-24-56(57)50-29-27-45(28-30-50)48-35-41-52(42-36-48)59(51-21-8-3-9-22-51)58-26-14-20-49-19-10-11-23-55(49)58/h1-42,49,55H. The van der Waals surface area contributed by atoms with Gasteiger partial charge in [0.2, 0.25) is 0 Å². The minimum Gasteiger partial charge on any atom is -0.314 e. The topological polar surface area (TPSA) is 6.48 Å². The molecule has 0 aliphatic heterocycles. The number of allylic oxidation sites excluding steroid dienone is 7. The van der Waals surface area contributed by atoms with Gasteiger partial charge in [0.15, 0.2) is 0 Å². The fourth-order valence-electron chi connectivity index (χ4n) is 8.60. The van der Waals surface area contributed by atoms with E-state index in [0.29, 0.717) is 5.92 Å². The van der Waals surface area contributed by atoms with E-state index in [1.54, 1.807) is 0 Å². The van der Waals surface area contributed by atoms with Crippen molar-refractivity contribution in [1.82, 2.24) is 0 Å². The van der Waals surface area contributed by atoms with Gasteiger partial charge in [0.25, 0.3) is 0 Å². The predicted octanol–water partition coefficient (Wildman–Crippen LogP) is 15.8. The molecule has 0 aromatic heterocycles. The Kier molecular flexibility index (Phi) is 10.2. The molecule has 2 heteroatoms. The smallest absolute Gasteiger partial charge is 0.0540 e. The van der Waals surface area contributed by atoms with E-state index in [2.05, 4.69) is 265 Å². The molecule has 2 atom stereocenters. The van der Waals surface area contributed by atoms with Crippen LogP contribution in [0.2, 0.25) is 0 Å². The summed E-state index contributed by atoms with van der Waals surface area (Å²) < 4.78 is 0. The van der Waals surface area contributed by atoms with Gasteiger partial charge in [-0.25, -0.2) is 0 Å². The molecule has 2 aliphatic rings. The van der Waals surface area contributed by atoms with Gasteiger partial charge in [0.1, 0.15) is 0 Å². The number of rotatable bonds is 10. The molecule has 0 radical (unpaired) electrons. The second-order valence-corrected chi connectivity index (χ2v) is 15.3. The molecule has 8 aromatic carbocycles. The van der Waals surface area contributed by atoms with Gasteiger partial charge in [0.05, 0.1) is 5.69 Å². The van der Waals surface area contributed by atoms with E-state index in [0.717, 1.165) is 39.6 Å². The third kappa shape index (κ3) is 7.43. The molecule has 0 heterocycles. The summed E-state index contributed by atoms with van der Waals surface area (Å²) in [4.78, 5) is 4.79. The van der Waals surface area contributed by atoms with Crippen molar-refractivity contribution in [2.75, 3.05) is 9.80 Å². The molecule has 2 unspecified atom stereocenters. The molecular formula is C58H44N2. The van der Waals surface area contributed by atoms with E-state index >= 15 is 0 Å². The fraction of sp³-hybridized carbons (Fsp3) is 0.0345. The molecule has 0 amide bonds. The van der Waals surface area contributed by atoms with Crippen molar-refractivity contribution in [3.05, 3.63) is 261 Å². The van der Waals surface area contributed by atoms with Crippen LogP contribution < -0.4 is 9.80 Å². The Labute approximate surface area is 353 Å². The Balaban J connectivity index is 0.975. The monoisotopic (exact) mass is 768 g/mol. The lowest BCUT2D eigenvalue weighted by molar-refractivity contribution is 0.612. The zero-order chi connectivity index (χ0) is 40.1. The number of fused-ring (bicyclic) bond motifs is 1. The zero-order valence-electron chi connectivity index (χ0n) is 33.3. The number of hydrogen-bond donors (Lipinski definition) is 0. The molecule has 0 N–H and O–H groups in total. The van der Waals surface area contributed by atoms with Crippen molar-refractivity contribution in [2.24, 2.45) is 11.8 Å². The highest BCUT2D eigenvalue weighted by Gasteiger charge is 2.28. The second kappa shape index (κ2) is 16.7. The first kappa shape index (κ1) is 36.6. The van der Waals surface area contributed by atoms with Crippen molar-refractivity contribution < 1.29 is 0 Å². The molecule has 0 fully saturated rings. The summed E-state index contributed by atoms with van der Waals surface area (Å²) in [6.07, 6.45) is 15.7. The Morgan fingerprint density at radius 1 is 0.283 bits per heavy atom. The largest absolute Gasteiger partial charge is 0.314 e. The highest BCUT2D eigenvalue weighted by Crippen LogP contribution is 2.43. The van der Waals surface area contributed by atoms with Crippen LogP contribution in [0, 0.1) is 11.8 Å². The first-order valence-corrected chi connectivity index (χ1v) is 20.8. The molecule has 0 saturated heterocycles. The van der Waals surface area contributed by atoms with Gasteiger partial charge in [-0.15, -0.1) is 0 Å². The van der Waals surface area contributed by atoms with Crippen LogP contribution in [0.4, 0.5) is 28.4 Å². The van der Waals surface area contributed by atoms with Gasteiger partial charge < -0.3 is 9.80 Å². The molecule has 8 aromatic rings. The number of benzene rings is 8. The average Bonchev–Trinajstić information content (AvgIpc) is 3.34. The van der Waals surface area contributed by atoms with Crippen LogP contribution in [0.5, 0.6) is 0 Å². The molecule has 0 saturated carbocycles. The minimum absolute atomic E-state index is 0.286. The van der Waals surface area contributed by atoms with Crippen molar-refractivity contribution in [2.45, 2.75) is 0 Å². The molecule has 10 rings (SSSR count). The third-order valence-electron chi connectivity index (χ3n) is 11.7. The summed E-state index contributed by atoms with van der Waals surface area (Å²) in [7, 11) is 0. The van der Waals surface area contributed by atoms with Crippen molar-refractivity contribution in [3.8, 4) is 44.5 Å². The van der Waals surface area contributed by atoms with E-state index in [-0.39, 0.29) is 5.92 Å². The van der Waals surface area contributed by atoms with E-state index < -0.39 is 0 Å². The summed E-state index contributed by atoms with van der Waals surface area (Å²) in [6, 6.07) is 76.5. The maximum atomic E-state index is 2.41. The van der Waals surface area contributed by atoms with Crippen LogP contribution in [0.3, 0.4) is 0 Å². The maximum Gasteiger partial charge on any atom is 0.0540 e. The summed E-state index contributed by atoms with van der Waals surface area (Å²) in [5, 5.41) is 0. The fourth-order valence-corrected chi connectivity index (χ4v) is 8.60. The lowest BCUT2D eigenvalue weighted by Crippen LogP contribution is -2.27. The molecule has 0 bridgehead atoms. The van der Waals surface area contributed by atoms with E-state index in [1.165, 1.54) is 39.1 Å². The molecular weight excluding hydrogens is 725 g/mol. The SMILES string of the molecule is C1=CC2C=CC=C(N(c3ccccc3)c3ccc(-c4ccc(-c5ccccc5N(c5ccc(-c6ccccc6)cc5)c5ccc(-c6ccccc6)cc5)cc4)cc3)C2C=C1. The number of hydrogen-bond acceptors (Lipinski definition) is 2. The zero-order valence-corrected chi connectivity index (χ0v) is 33.3. The summed E-state index contributed by atoms with van der Waals surface area (Å²) >= 11 is 0. The van der Waals surface area contributed by atoms with Crippen LogP contribution in [-0.4, -0.2) is 0 Å². The summed E-state index contributed by atoms with van der Waals surface area (Å²) in [5.41, 5.74) is 16.4. The highest BCUT2D eigenvalue weighted by atomic mass is 15.2. The quantitative estimate of drug-likeness (QED) is 0.137. The van der Waals surface area contributed by atoms with Crippen molar-refractivity contribution in [3.63, 3.8) is 0 Å². The predicted molar refractivity (Wildman–Crippen MR) is 254 cm³/mol. The van der Waals surface area contributed by atoms with Crippen molar-refractivity contribution >= 4 is 28.4 Å². The Hall–Kier alpha value is -7.68. The number of para-hydroxylation sites is 2. The van der Waals surface area contributed by atoms with Gasteiger partial charge in [-0.1, -0.05) is 194 Å². The van der Waals surface area contributed by atoms with Crippen LogP contribution in [0.1, 0.15) is 0 Å². The van der Waals surface area contributed by atoms with E-state index in [1.807, 2.05) is 0 Å². The Morgan fingerprint density at radius 2 is 0.667 bits per heavy atom. The van der Waals surface area contributed by atoms with Gasteiger partial charge in [0, 0.05) is 45.8 Å². The number of anilines is 5. The summed E-state index contributed by atoms with van der Waals surface area (Å²) in [5.74, 6) is 0.644. The third-order valence-corrected chi connectivity index (χ3v) is 11.7. The lowest BCUT2D eigenvalue weighted by Gasteiger charge is -2.36. The molecule has 0 spiro atoms. The van der Waals surface area contributed by atoms with Crippen LogP contribution in [0.25, 0.3) is 44.5 Å². The van der Waals surface area contributed by atoms with Gasteiger partial charge >= 0.3 is 0 Å². The Bertz CT molecular complexity index is 2730. The van der Waals surface area contributed by atoms with Gasteiger partial charge in [-0.3, -0.25) is 0 Å². The Morgan fingerprint density at radius 3 is 1.22 bits per heavy atom. The first-order chi connectivity index (χ1) is 29.8. The molecule has 2 aliphatic carbocycles. The molecule has 2 nitrogen and oxygen atoms in total. The van der Waals surface area contributed by atoms with Crippen LogP contribution >= 0.6 is 0 Å². The summed E-state index contributed by atoms with van der Waals surface area (Å²) in [6.45, 7) is 0. The second-order valence-electron chi connectivity index (χ2n) is 15.3. The highest BCUT2D eigenvalue weighted by molar-refractivity contribution is 5.89. The maximum absolute atomic E-state index is 2.41. The normalized spacial score (nSPS) is 15.2. The average molecular weight is 769 g/mol. The van der Waals surface area contributed by atoms with E-state index in [4.69, 9.17) is 0 Å². The van der Waals surface area contributed by atoms with Crippen molar-refractivity contribution in [1.29, 1.82) is 0 Å².